The molecular weight excluding hydrogens is 280 g/mol. The van der Waals surface area contributed by atoms with Gasteiger partial charge in [0.1, 0.15) is 17.5 Å². The Morgan fingerprint density at radius 2 is 2.14 bits per heavy atom. The summed E-state index contributed by atoms with van der Waals surface area (Å²) >= 11 is 0. The summed E-state index contributed by atoms with van der Waals surface area (Å²) < 4.78 is 5.19. The maximum absolute atomic E-state index is 12.7. The van der Waals surface area contributed by atoms with Crippen LogP contribution in [-0.2, 0) is 0 Å². The molecule has 2 heterocycles. The smallest absolute Gasteiger partial charge is 0.206 e. The predicted octanol–water partition coefficient (Wildman–Crippen LogP) is 1.39. The van der Waals surface area contributed by atoms with Gasteiger partial charge in [0.25, 0.3) is 0 Å². The van der Waals surface area contributed by atoms with E-state index >= 15 is 0 Å². The highest BCUT2D eigenvalue weighted by Crippen LogP contribution is 2.23. The van der Waals surface area contributed by atoms with Crippen molar-refractivity contribution >= 4 is 11.5 Å². The van der Waals surface area contributed by atoms with Crippen LogP contribution >= 0.6 is 0 Å². The summed E-state index contributed by atoms with van der Waals surface area (Å²) in [5.41, 5.74) is 2.40. The molecule has 0 saturated carbocycles. The Balaban J connectivity index is 1.85. The van der Waals surface area contributed by atoms with E-state index in [1.54, 1.807) is 13.2 Å². The van der Waals surface area contributed by atoms with Gasteiger partial charge in [0.2, 0.25) is 5.78 Å². The topological polar surface area (TPSA) is 70.2 Å². The highest BCUT2D eigenvalue weighted by molar-refractivity contribution is 6.00. The summed E-state index contributed by atoms with van der Waals surface area (Å²) in [7, 11) is 1.64. The monoisotopic (exact) mass is 300 g/mol. The minimum absolute atomic E-state index is 0.0346. The van der Waals surface area contributed by atoms with Gasteiger partial charge in [-0.2, -0.15) is 5.10 Å². The summed E-state index contributed by atoms with van der Waals surface area (Å²) in [6.45, 7) is 4.16. The van der Waals surface area contributed by atoms with Crippen molar-refractivity contribution in [2.45, 2.75) is 13.0 Å². The molecule has 1 atom stereocenters. The molecule has 1 aromatic heterocycles. The number of hydrogen-bond donors (Lipinski definition) is 2. The van der Waals surface area contributed by atoms with Crippen molar-refractivity contribution in [2.75, 3.05) is 31.6 Å². The number of nitrogens with zero attached hydrogens (tertiary/aromatic N) is 2. The molecule has 1 fully saturated rings. The van der Waals surface area contributed by atoms with Gasteiger partial charge in [0.05, 0.1) is 7.11 Å². The fourth-order valence-corrected chi connectivity index (χ4v) is 2.74. The lowest BCUT2D eigenvalue weighted by molar-refractivity contribution is 0.0946. The Kier molecular flexibility index (Phi) is 4.11. The first-order valence-electron chi connectivity index (χ1n) is 7.36. The first-order valence-corrected chi connectivity index (χ1v) is 7.36. The number of benzene rings is 1. The number of hydrogen-bond acceptors (Lipinski definition) is 5. The van der Waals surface area contributed by atoms with Crippen LogP contribution < -0.4 is 15.0 Å². The standard InChI is InChI=1S/C16H20N4O2/c1-11-9-14(19-18-11)16(21)15-10-17-7-8-20(15)12-3-5-13(22-2)6-4-12/h3-6,9,15,17H,7-8,10H2,1-2H3,(H,18,19). The lowest BCUT2D eigenvalue weighted by atomic mass is 10.0. The van der Waals surface area contributed by atoms with Crippen LogP contribution in [0.3, 0.4) is 0 Å². The molecule has 6 nitrogen and oxygen atoms in total. The number of rotatable bonds is 4. The number of piperazine rings is 1. The van der Waals surface area contributed by atoms with Crippen molar-refractivity contribution in [3.8, 4) is 5.75 Å². The van der Waals surface area contributed by atoms with E-state index in [0.29, 0.717) is 12.2 Å². The van der Waals surface area contributed by atoms with E-state index < -0.39 is 0 Å². The number of carbonyl (C=O) groups excluding carboxylic acids is 1. The molecule has 2 aromatic rings. The van der Waals surface area contributed by atoms with Crippen LogP contribution in [0, 0.1) is 6.92 Å². The number of Topliss-reactive ketones (excluding diaryl/α,β-unsaturated/α-hetero) is 1. The average Bonchev–Trinajstić information content (AvgIpc) is 3.01. The molecule has 1 unspecified atom stereocenters. The lowest BCUT2D eigenvalue weighted by Crippen LogP contribution is -2.55. The SMILES string of the molecule is COc1ccc(N2CCNCC2C(=O)c2cc(C)[nH]n2)cc1. The van der Waals surface area contributed by atoms with Crippen LogP contribution in [0.4, 0.5) is 5.69 Å². The summed E-state index contributed by atoms with van der Waals surface area (Å²) in [5.74, 6) is 0.844. The van der Waals surface area contributed by atoms with E-state index in [9.17, 15) is 4.79 Å². The molecule has 1 aliphatic heterocycles. The molecule has 3 rings (SSSR count). The normalized spacial score (nSPS) is 18.3. The van der Waals surface area contributed by atoms with E-state index in [-0.39, 0.29) is 11.8 Å². The third-order valence-corrected chi connectivity index (χ3v) is 3.91. The molecular formula is C16H20N4O2. The van der Waals surface area contributed by atoms with Gasteiger partial charge in [-0.1, -0.05) is 0 Å². The summed E-state index contributed by atoms with van der Waals surface area (Å²) in [5, 5.41) is 10.2. The average molecular weight is 300 g/mol. The van der Waals surface area contributed by atoms with Crippen molar-refractivity contribution in [3.63, 3.8) is 0 Å². The zero-order chi connectivity index (χ0) is 15.5. The Labute approximate surface area is 129 Å². The molecule has 1 aliphatic rings. The fraction of sp³-hybridized carbons (Fsp3) is 0.375. The number of nitrogens with one attached hydrogen (secondary N) is 2. The maximum atomic E-state index is 12.7. The van der Waals surface area contributed by atoms with Crippen molar-refractivity contribution in [1.82, 2.24) is 15.5 Å². The number of aromatic nitrogens is 2. The van der Waals surface area contributed by atoms with Gasteiger partial charge >= 0.3 is 0 Å². The second-order valence-corrected chi connectivity index (χ2v) is 5.41. The number of aryl methyl sites for hydroxylation is 1. The Morgan fingerprint density at radius 3 is 2.77 bits per heavy atom. The third kappa shape index (κ3) is 2.82. The molecule has 6 heteroatoms. The summed E-state index contributed by atoms with van der Waals surface area (Å²) in [6.07, 6.45) is 0. The van der Waals surface area contributed by atoms with Crippen molar-refractivity contribution in [2.24, 2.45) is 0 Å². The molecule has 1 saturated heterocycles. The predicted molar refractivity (Wildman–Crippen MR) is 84.7 cm³/mol. The molecule has 0 spiro atoms. The Morgan fingerprint density at radius 1 is 1.36 bits per heavy atom. The highest BCUT2D eigenvalue weighted by Gasteiger charge is 2.30. The van der Waals surface area contributed by atoms with Crippen LogP contribution in [0.25, 0.3) is 0 Å². The van der Waals surface area contributed by atoms with Gasteiger partial charge in [0.15, 0.2) is 0 Å². The number of aromatic amines is 1. The fourth-order valence-electron chi connectivity index (χ4n) is 2.74. The number of ether oxygens (including phenoxy) is 1. The van der Waals surface area contributed by atoms with Crippen LogP contribution in [0.1, 0.15) is 16.2 Å². The van der Waals surface area contributed by atoms with Gasteiger partial charge in [0, 0.05) is 31.0 Å². The molecule has 0 bridgehead atoms. The van der Waals surface area contributed by atoms with Crippen molar-refractivity contribution < 1.29 is 9.53 Å². The number of methoxy groups -OCH3 is 1. The van der Waals surface area contributed by atoms with E-state index in [0.717, 1.165) is 30.2 Å². The van der Waals surface area contributed by atoms with E-state index in [2.05, 4.69) is 20.4 Å². The Hall–Kier alpha value is -2.34. The largest absolute Gasteiger partial charge is 0.497 e. The number of anilines is 1. The third-order valence-electron chi connectivity index (χ3n) is 3.91. The van der Waals surface area contributed by atoms with Gasteiger partial charge in [-0.25, -0.2) is 0 Å². The minimum atomic E-state index is -0.246. The summed E-state index contributed by atoms with van der Waals surface area (Å²) in [4.78, 5) is 14.9. The van der Waals surface area contributed by atoms with Gasteiger partial charge in [-0.3, -0.25) is 9.89 Å². The van der Waals surface area contributed by atoms with Crippen LogP contribution in [0.2, 0.25) is 0 Å². The molecule has 0 amide bonds. The number of carbonyl (C=O) groups is 1. The van der Waals surface area contributed by atoms with Crippen LogP contribution in [-0.4, -0.2) is 48.8 Å². The minimum Gasteiger partial charge on any atom is -0.497 e. The lowest BCUT2D eigenvalue weighted by Gasteiger charge is -2.36. The highest BCUT2D eigenvalue weighted by atomic mass is 16.5. The second-order valence-electron chi connectivity index (χ2n) is 5.41. The first-order chi connectivity index (χ1) is 10.7. The van der Waals surface area contributed by atoms with Crippen molar-refractivity contribution in [3.05, 3.63) is 41.7 Å². The molecule has 0 aliphatic carbocycles. The van der Waals surface area contributed by atoms with Gasteiger partial charge < -0.3 is 15.0 Å². The molecule has 1 aromatic carbocycles. The van der Waals surface area contributed by atoms with E-state index in [1.807, 2.05) is 31.2 Å². The number of H-pyrrole nitrogens is 1. The van der Waals surface area contributed by atoms with Crippen LogP contribution in [0.5, 0.6) is 5.75 Å². The molecule has 116 valence electrons. The second kappa shape index (κ2) is 6.19. The van der Waals surface area contributed by atoms with Crippen molar-refractivity contribution in [1.29, 1.82) is 0 Å². The number of ketones is 1. The van der Waals surface area contributed by atoms with Gasteiger partial charge in [-0.15, -0.1) is 0 Å². The maximum Gasteiger partial charge on any atom is 0.206 e. The molecule has 22 heavy (non-hydrogen) atoms. The van der Waals surface area contributed by atoms with E-state index in [1.165, 1.54) is 0 Å². The molecule has 2 N–H and O–H groups in total. The Bertz CT molecular complexity index is 650. The molecule has 0 radical (unpaired) electrons. The van der Waals surface area contributed by atoms with Crippen LogP contribution in [0.15, 0.2) is 30.3 Å². The van der Waals surface area contributed by atoms with E-state index in [4.69, 9.17) is 4.74 Å². The first kappa shape index (κ1) is 14.6. The quantitative estimate of drug-likeness (QED) is 0.835. The van der Waals surface area contributed by atoms with Gasteiger partial charge in [-0.05, 0) is 37.3 Å². The zero-order valence-electron chi connectivity index (χ0n) is 12.8. The zero-order valence-corrected chi connectivity index (χ0v) is 12.8. The summed E-state index contributed by atoms with van der Waals surface area (Å²) in [6, 6.07) is 9.35.